The SMILES string of the molecule is Cc1cccc(NC(=O)C2CCCC2)c1Br. The van der Waals surface area contributed by atoms with Crippen LogP contribution in [0.3, 0.4) is 0 Å². The molecule has 0 heterocycles. The van der Waals surface area contributed by atoms with Crippen LogP contribution in [0.25, 0.3) is 0 Å². The zero-order valence-electron chi connectivity index (χ0n) is 9.42. The summed E-state index contributed by atoms with van der Waals surface area (Å²) < 4.78 is 0.987. The van der Waals surface area contributed by atoms with Crippen LogP contribution in [-0.2, 0) is 4.79 Å². The summed E-state index contributed by atoms with van der Waals surface area (Å²) in [5.74, 6) is 0.385. The molecule has 1 amide bonds. The van der Waals surface area contributed by atoms with Gasteiger partial charge in [0.05, 0.1) is 5.69 Å². The second kappa shape index (κ2) is 5.00. The number of halogens is 1. The standard InChI is InChI=1S/C13H16BrNO/c1-9-5-4-8-11(12(9)14)15-13(16)10-6-2-3-7-10/h4-5,8,10H,2-3,6-7H2,1H3,(H,15,16). The minimum Gasteiger partial charge on any atom is -0.325 e. The highest BCUT2D eigenvalue weighted by molar-refractivity contribution is 9.10. The summed E-state index contributed by atoms with van der Waals surface area (Å²) in [5, 5.41) is 3.01. The van der Waals surface area contributed by atoms with Gasteiger partial charge >= 0.3 is 0 Å². The molecule has 3 heteroatoms. The maximum absolute atomic E-state index is 11.9. The molecule has 1 aliphatic rings. The molecule has 0 radical (unpaired) electrons. The molecule has 1 fully saturated rings. The van der Waals surface area contributed by atoms with E-state index >= 15 is 0 Å². The number of hydrogen-bond acceptors (Lipinski definition) is 1. The number of carbonyl (C=O) groups excluding carboxylic acids is 1. The van der Waals surface area contributed by atoms with Gasteiger partial charge in [0.25, 0.3) is 0 Å². The first-order valence-electron chi connectivity index (χ1n) is 5.74. The van der Waals surface area contributed by atoms with Gasteiger partial charge < -0.3 is 5.32 Å². The highest BCUT2D eigenvalue weighted by Gasteiger charge is 2.23. The largest absolute Gasteiger partial charge is 0.325 e. The summed E-state index contributed by atoms with van der Waals surface area (Å²) >= 11 is 3.50. The highest BCUT2D eigenvalue weighted by Crippen LogP contribution is 2.29. The average Bonchev–Trinajstić information content (AvgIpc) is 2.78. The van der Waals surface area contributed by atoms with Gasteiger partial charge in [-0.05, 0) is 47.3 Å². The number of aryl methyl sites for hydroxylation is 1. The first kappa shape index (κ1) is 11.6. The minimum atomic E-state index is 0.170. The monoisotopic (exact) mass is 281 g/mol. The molecule has 1 aromatic carbocycles. The second-order valence-electron chi connectivity index (χ2n) is 4.41. The van der Waals surface area contributed by atoms with Crippen LogP contribution in [0.1, 0.15) is 31.2 Å². The summed E-state index contributed by atoms with van der Waals surface area (Å²) in [6.45, 7) is 2.02. The van der Waals surface area contributed by atoms with Crippen molar-refractivity contribution in [2.75, 3.05) is 5.32 Å². The fourth-order valence-electron chi connectivity index (χ4n) is 2.17. The Morgan fingerprint density at radius 3 is 2.75 bits per heavy atom. The van der Waals surface area contributed by atoms with E-state index in [-0.39, 0.29) is 11.8 Å². The van der Waals surface area contributed by atoms with Gasteiger partial charge in [0, 0.05) is 10.4 Å². The Hall–Kier alpha value is -0.830. The van der Waals surface area contributed by atoms with Crippen LogP contribution < -0.4 is 5.32 Å². The number of rotatable bonds is 2. The van der Waals surface area contributed by atoms with Gasteiger partial charge in [-0.25, -0.2) is 0 Å². The van der Waals surface area contributed by atoms with E-state index in [9.17, 15) is 4.79 Å². The summed E-state index contributed by atoms with van der Waals surface area (Å²) in [4.78, 5) is 11.9. The van der Waals surface area contributed by atoms with Crippen LogP contribution in [0.5, 0.6) is 0 Å². The van der Waals surface area contributed by atoms with Crippen molar-refractivity contribution in [2.24, 2.45) is 5.92 Å². The molecule has 1 N–H and O–H groups in total. The molecule has 1 aliphatic carbocycles. The summed E-state index contributed by atoms with van der Waals surface area (Å²) in [6.07, 6.45) is 4.45. The maximum atomic E-state index is 11.9. The summed E-state index contributed by atoms with van der Waals surface area (Å²) in [5.41, 5.74) is 2.03. The Balaban J connectivity index is 2.08. The molecule has 1 aromatic rings. The molecular weight excluding hydrogens is 266 g/mol. The van der Waals surface area contributed by atoms with Gasteiger partial charge in [-0.2, -0.15) is 0 Å². The zero-order valence-corrected chi connectivity index (χ0v) is 11.0. The fourth-order valence-corrected chi connectivity index (χ4v) is 2.53. The number of benzene rings is 1. The quantitative estimate of drug-likeness (QED) is 0.876. The van der Waals surface area contributed by atoms with E-state index < -0.39 is 0 Å². The predicted octanol–water partition coefficient (Wildman–Crippen LogP) is 3.89. The Bertz CT molecular complexity index is 397. The van der Waals surface area contributed by atoms with Gasteiger partial charge in [-0.1, -0.05) is 25.0 Å². The first-order valence-corrected chi connectivity index (χ1v) is 6.54. The molecule has 0 atom stereocenters. The third-order valence-electron chi connectivity index (χ3n) is 3.18. The molecule has 2 nitrogen and oxygen atoms in total. The van der Waals surface area contributed by atoms with Crippen molar-refractivity contribution in [1.82, 2.24) is 0 Å². The summed E-state index contributed by atoms with van der Waals surface area (Å²) in [7, 11) is 0. The van der Waals surface area contributed by atoms with Crippen LogP contribution in [0.2, 0.25) is 0 Å². The smallest absolute Gasteiger partial charge is 0.227 e. The van der Waals surface area contributed by atoms with Gasteiger partial charge in [-0.3, -0.25) is 4.79 Å². The molecule has 2 rings (SSSR count). The molecule has 0 bridgehead atoms. The number of amides is 1. The minimum absolute atomic E-state index is 0.170. The van der Waals surface area contributed by atoms with E-state index in [4.69, 9.17) is 0 Å². The molecule has 0 unspecified atom stereocenters. The predicted molar refractivity (Wildman–Crippen MR) is 69.5 cm³/mol. The molecular formula is C13H16BrNO. The van der Waals surface area contributed by atoms with E-state index in [2.05, 4.69) is 21.2 Å². The lowest BCUT2D eigenvalue weighted by Gasteiger charge is -2.12. The van der Waals surface area contributed by atoms with Crippen LogP contribution in [0.15, 0.2) is 22.7 Å². The second-order valence-corrected chi connectivity index (χ2v) is 5.20. The van der Waals surface area contributed by atoms with Gasteiger partial charge in [0.1, 0.15) is 0 Å². The van der Waals surface area contributed by atoms with Gasteiger partial charge in [0.15, 0.2) is 0 Å². The molecule has 0 spiro atoms. The number of nitrogens with one attached hydrogen (secondary N) is 1. The first-order chi connectivity index (χ1) is 7.68. The molecule has 1 saturated carbocycles. The Labute approximate surface area is 105 Å². The number of hydrogen-bond donors (Lipinski definition) is 1. The lowest BCUT2D eigenvalue weighted by atomic mass is 10.1. The Morgan fingerprint density at radius 1 is 1.38 bits per heavy atom. The number of anilines is 1. The van der Waals surface area contributed by atoms with Crippen molar-refractivity contribution < 1.29 is 4.79 Å². The van der Waals surface area contributed by atoms with Gasteiger partial charge in [0.2, 0.25) is 5.91 Å². The highest BCUT2D eigenvalue weighted by atomic mass is 79.9. The van der Waals surface area contributed by atoms with Crippen molar-refractivity contribution >= 4 is 27.5 Å². The zero-order chi connectivity index (χ0) is 11.5. The van der Waals surface area contributed by atoms with E-state index in [0.29, 0.717) is 0 Å². The van der Waals surface area contributed by atoms with Crippen LogP contribution >= 0.6 is 15.9 Å². The Kier molecular flexibility index (Phi) is 3.64. The summed E-state index contributed by atoms with van der Waals surface area (Å²) in [6, 6.07) is 5.92. The lowest BCUT2D eigenvalue weighted by molar-refractivity contribution is -0.119. The van der Waals surface area contributed by atoms with Crippen molar-refractivity contribution in [2.45, 2.75) is 32.6 Å². The van der Waals surface area contributed by atoms with Crippen molar-refractivity contribution in [3.8, 4) is 0 Å². The van der Waals surface area contributed by atoms with E-state index in [1.165, 1.54) is 12.8 Å². The van der Waals surface area contributed by atoms with Crippen molar-refractivity contribution in [3.63, 3.8) is 0 Å². The Morgan fingerprint density at radius 2 is 2.06 bits per heavy atom. The molecule has 16 heavy (non-hydrogen) atoms. The van der Waals surface area contributed by atoms with E-state index in [0.717, 1.165) is 28.6 Å². The number of carbonyl (C=O) groups is 1. The lowest BCUT2D eigenvalue weighted by Crippen LogP contribution is -2.20. The molecule has 0 saturated heterocycles. The topological polar surface area (TPSA) is 29.1 Å². The van der Waals surface area contributed by atoms with E-state index in [1.54, 1.807) is 0 Å². The third kappa shape index (κ3) is 2.46. The maximum Gasteiger partial charge on any atom is 0.227 e. The van der Waals surface area contributed by atoms with E-state index in [1.807, 2.05) is 25.1 Å². The molecule has 0 aliphatic heterocycles. The average molecular weight is 282 g/mol. The third-order valence-corrected chi connectivity index (χ3v) is 4.23. The van der Waals surface area contributed by atoms with Crippen LogP contribution in [-0.4, -0.2) is 5.91 Å². The fraction of sp³-hybridized carbons (Fsp3) is 0.462. The molecule has 86 valence electrons. The van der Waals surface area contributed by atoms with Crippen molar-refractivity contribution in [1.29, 1.82) is 0 Å². The normalized spacial score (nSPS) is 16.4. The van der Waals surface area contributed by atoms with Crippen LogP contribution in [0.4, 0.5) is 5.69 Å². The molecule has 0 aromatic heterocycles. The van der Waals surface area contributed by atoms with Crippen LogP contribution in [0, 0.1) is 12.8 Å². The van der Waals surface area contributed by atoms with Crippen molar-refractivity contribution in [3.05, 3.63) is 28.2 Å². The van der Waals surface area contributed by atoms with Gasteiger partial charge in [-0.15, -0.1) is 0 Å².